The number of aromatic nitrogens is 3. The van der Waals surface area contributed by atoms with E-state index < -0.39 is 0 Å². The minimum absolute atomic E-state index is 0.606. The van der Waals surface area contributed by atoms with Gasteiger partial charge in [0.25, 0.3) is 0 Å². The Morgan fingerprint density at radius 1 is 1.57 bits per heavy atom. The van der Waals surface area contributed by atoms with Crippen LogP contribution in [0.2, 0.25) is 0 Å². The average Bonchev–Trinajstić information content (AvgIpc) is 2.52. The summed E-state index contributed by atoms with van der Waals surface area (Å²) in [7, 11) is 0. The van der Waals surface area contributed by atoms with Crippen molar-refractivity contribution >= 4 is 11.8 Å². The lowest BCUT2D eigenvalue weighted by atomic mass is 10.2. The first-order chi connectivity index (χ1) is 6.74. The average molecular weight is 214 g/mol. The van der Waals surface area contributed by atoms with Crippen LogP contribution in [0.5, 0.6) is 0 Å². The third-order valence-corrected chi connectivity index (χ3v) is 2.71. The summed E-state index contributed by atoms with van der Waals surface area (Å²) in [6.45, 7) is 6.03. The Morgan fingerprint density at radius 2 is 2.36 bits per heavy atom. The van der Waals surface area contributed by atoms with Crippen molar-refractivity contribution in [2.24, 2.45) is 11.7 Å². The maximum absolute atomic E-state index is 5.42. The number of nitrogens with two attached hydrogens (primary N) is 1. The molecular formula is C9H18N4S. The minimum Gasteiger partial charge on any atom is -0.330 e. The van der Waals surface area contributed by atoms with Gasteiger partial charge < -0.3 is 5.73 Å². The van der Waals surface area contributed by atoms with Crippen molar-refractivity contribution in [1.29, 1.82) is 0 Å². The third-order valence-electron chi connectivity index (χ3n) is 1.73. The molecule has 0 unspecified atom stereocenters. The number of nitrogens with zero attached hydrogens (tertiary/aromatic N) is 3. The van der Waals surface area contributed by atoms with E-state index in [1.165, 1.54) is 0 Å². The lowest BCUT2D eigenvalue weighted by molar-refractivity contribution is 0.472. The van der Waals surface area contributed by atoms with Crippen LogP contribution in [0.15, 0.2) is 6.33 Å². The first-order valence-corrected chi connectivity index (χ1v) is 6.04. The second kappa shape index (κ2) is 6.03. The molecule has 0 radical (unpaired) electrons. The maximum Gasteiger partial charge on any atom is 0.138 e. The van der Waals surface area contributed by atoms with Crippen LogP contribution < -0.4 is 5.73 Å². The predicted octanol–water partition coefficient (Wildman–Crippen LogP) is 1.13. The van der Waals surface area contributed by atoms with Gasteiger partial charge in [0.2, 0.25) is 0 Å². The van der Waals surface area contributed by atoms with E-state index in [2.05, 4.69) is 23.9 Å². The summed E-state index contributed by atoms with van der Waals surface area (Å²) in [5.41, 5.74) is 5.42. The van der Waals surface area contributed by atoms with Crippen molar-refractivity contribution in [3.05, 3.63) is 12.2 Å². The molecule has 4 nitrogen and oxygen atoms in total. The van der Waals surface area contributed by atoms with E-state index in [1.807, 2.05) is 4.68 Å². The van der Waals surface area contributed by atoms with Crippen LogP contribution in [-0.4, -0.2) is 27.1 Å². The van der Waals surface area contributed by atoms with Gasteiger partial charge in [-0.15, -0.1) is 0 Å². The van der Waals surface area contributed by atoms with Crippen molar-refractivity contribution in [3.8, 4) is 0 Å². The summed E-state index contributed by atoms with van der Waals surface area (Å²) < 4.78 is 1.98. The van der Waals surface area contributed by atoms with E-state index in [-0.39, 0.29) is 0 Å². The van der Waals surface area contributed by atoms with Gasteiger partial charge in [-0.1, -0.05) is 13.8 Å². The second-order valence-electron chi connectivity index (χ2n) is 3.59. The zero-order valence-electron chi connectivity index (χ0n) is 8.81. The molecule has 5 heteroatoms. The molecule has 1 rings (SSSR count). The van der Waals surface area contributed by atoms with Crippen LogP contribution >= 0.6 is 11.8 Å². The number of rotatable bonds is 6. The lowest BCUT2D eigenvalue weighted by Gasteiger charge is -2.07. The van der Waals surface area contributed by atoms with E-state index >= 15 is 0 Å². The van der Waals surface area contributed by atoms with Crippen molar-refractivity contribution in [2.75, 3.05) is 12.3 Å². The molecule has 80 valence electrons. The molecule has 0 aliphatic heterocycles. The van der Waals surface area contributed by atoms with Gasteiger partial charge in [-0.05, 0) is 5.92 Å². The van der Waals surface area contributed by atoms with Gasteiger partial charge in [0.05, 0.1) is 5.75 Å². The fourth-order valence-corrected chi connectivity index (χ4v) is 1.86. The molecule has 14 heavy (non-hydrogen) atoms. The topological polar surface area (TPSA) is 56.7 Å². The number of hydrogen-bond donors (Lipinski definition) is 1. The molecule has 0 fully saturated rings. The standard InChI is InChI=1S/C9H18N4S/c1-8(2)5-13-9(11-7-12-13)6-14-4-3-10/h7-8H,3-6,10H2,1-2H3. The Hall–Kier alpha value is -0.550. The molecule has 1 heterocycles. The van der Waals surface area contributed by atoms with Gasteiger partial charge in [0.15, 0.2) is 0 Å². The molecule has 0 saturated carbocycles. The number of thioether (sulfide) groups is 1. The molecule has 1 aromatic heterocycles. The van der Waals surface area contributed by atoms with Crippen LogP contribution in [0.1, 0.15) is 19.7 Å². The van der Waals surface area contributed by atoms with E-state index in [4.69, 9.17) is 5.73 Å². The Labute approximate surface area is 89.3 Å². The van der Waals surface area contributed by atoms with Gasteiger partial charge in [0.1, 0.15) is 12.2 Å². The highest BCUT2D eigenvalue weighted by Crippen LogP contribution is 2.09. The van der Waals surface area contributed by atoms with E-state index in [0.717, 1.165) is 30.4 Å². The third kappa shape index (κ3) is 3.67. The van der Waals surface area contributed by atoms with Gasteiger partial charge >= 0.3 is 0 Å². The molecule has 0 aliphatic carbocycles. The fraction of sp³-hybridized carbons (Fsp3) is 0.778. The molecule has 0 amide bonds. The quantitative estimate of drug-likeness (QED) is 0.721. The molecule has 1 aromatic rings. The van der Waals surface area contributed by atoms with Crippen molar-refractivity contribution in [3.63, 3.8) is 0 Å². The van der Waals surface area contributed by atoms with Crippen LogP contribution in [0.3, 0.4) is 0 Å². The first-order valence-electron chi connectivity index (χ1n) is 4.88. The molecule has 0 bridgehead atoms. The summed E-state index contributed by atoms with van der Waals surface area (Å²) in [6.07, 6.45) is 1.63. The van der Waals surface area contributed by atoms with Gasteiger partial charge in [-0.3, -0.25) is 0 Å². The van der Waals surface area contributed by atoms with Crippen LogP contribution in [0.25, 0.3) is 0 Å². The first kappa shape index (κ1) is 11.5. The van der Waals surface area contributed by atoms with E-state index in [1.54, 1.807) is 18.1 Å². The van der Waals surface area contributed by atoms with Crippen LogP contribution in [0.4, 0.5) is 0 Å². The van der Waals surface area contributed by atoms with Crippen LogP contribution in [0, 0.1) is 5.92 Å². The zero-order chi connectivity index (χ0) is 10.4. The molecular weight excluding hydrogens is 196 g/mol. The molecule has 0 saturated heterocycles. The second-order valence-corrected chi connectivity index (χ2v) is 4.70. The van der Waals surface area contributed by atoms with Gasteiger partial charge in [0, 0.05) is 18.8 Å². The minimum atomic E-state index is 0.606. The smallest absolute Gasteiger partial charge is 0.138 e. The Bertz CT molecular complexity index is 259. The molecule has 0 spiro atoms. The Morgan fingerprint density at radius 3 is 3.00 bits per heavy atom. The summed E-state index contributed by atoms with van der Waals surface area (Å²) in [4.78, 5) is 4.23. The molecule has 0 aliphatic rings. The molecule has 2 N–H and O–H groups in total. The summed E-state index contributed by atoms with van der Waals surface area (Å²) in [6, 6.07) is 0. The van der Waals surface area contributed by atoms with Crippen molar-refractivity contribution in [1.82, 2.24) is 14.8 Å². The largest absolute Gasteiger partial charge is 0.330 e. The Kier molecular flexibility index (Phi) is 4.97. The summed E-state index contributed by atoms with van der Waals surface area (Å²) in [5.74, 6) is 3.55. The zero-order valence-corrected chi connectivity index (χ0v) is 9.63. The lowest BCUT2D eigenvalue weighted by Crippen LogP contribution is -2.10. The van der Waals surface area contributed by atoms with Crippen molar-refractivity contribution in [2.45, 2.75) is 26.1 Å². The maximum atomic E-state index is 5.42. The highest BCUT2D eigenvalue weighted by molar-refractivity contribution is 7.98. The fourth-order valence-electron chi connectivity index (χ4n) is 1.15. The Balaban J connectivity index is 2.45. The summed E-state index contributed by atoms with van der Waals surface area (Å²) >= 11 is 1.80. The van der Waals surface area contributed by atoms with Crippen molar-refractivity contribution < 1.29 is 0 Å². The highest BCUT2D eigenvalue weighted by Gasteiger charge is 2.05. The van der Waals surface area contributed by atoms with Gasteiger partial charge in [-0.25, -0.2) is 9.67 Å². The number of hydrogen-bond acceptors (Lipinski definition) is 4. The molecule has 0 atom stereocenters. The summed E-state index contributed by atoms with van der Waals surface area (Å²) in [5, 5.41) is 4.20. The van der Waals surface area contributed by atoms with E-state index in [9.17, 15) is 0 Å². The van der Waals surface area contributed by atoms with Gasteiger partial charge in [-0.2, -0.15) is 16.9 Å². The normalized spacial score (nSPS) is 11.1. The monoisotopic (exact) mass is 214 g/mol. The SMILES string of the molecule is CC(C)Cn1ncnc1CSCCN. The van der Waals surface area contributed by atoms with E-state index in [0.29, 0.717) is 5.92 Å². The predicted molar refractivity (Wildman–Crippen MR) is 60.1 cm³/mol. The van der Waals surface area contributed by atoms with Crippen LogP contribution in [-0.2, 0) is 12.3 Å². The molecule has 0 aromatic carbocycles. The highest BCUT2D eigenvalue weighted by atomic mass is 32.2.